The summed E-state index contributed by atoms with van der Waals surface area (Å²) in [6.07, 6.45) is 3.79. The normalized spacial score (nSPS) is 15.4. The third kappa shape index (κ3) is 5.31. The number of nitrogens with one attached hydrogen (secondary N) is 2. The van der Waals surface area contributed by atoms with Crippen molar-refractivity contribution in [3.05, 3.63) is 29.8 Å². The molecule has 0 aliphatic carbocycles. The van der Waals surface area contributed by atoms with Crippen molar-refractivity contribution in [1.82, 2.24) is 10.2 Å². The molecule has 1 aromatic rings. The van der Waals surface area contributed by atoms with Gasteiger partial charge in [0.1, 0.15) is 0 Å². The molecule has 1 saturated heterocycles. The fourth-order valence-electron chi connectivity index (χ4n) is 2.48. The van der Waals surface area contributed by atoms with Crippen molar-refractivity contribution in [2.45, 2.75) is 26.2 Å². The standard InChI is InChI=1S/C16H25N3O/c1-14-5-7-15(8-6-14)18-16(20)13-17-9-4-12-19-10-2-3-11-19/h5-8,17H,2-4,9-13H2,1H3,(H,18,20). The van der Waals surface area contributed by atoms with Gasteiger partial charge in [-0.15, -0.1) is 0 Å². The van der Waals surface area contributed by atoms with E-state index in [1.807, 2.05) is 31.2 Å². The van der Waals surface area contributed by atoms with Gasteiger partial charge in [0, 0.05) is 5.69 Å². The molecule has 1 aliphatic heterocycles. The Morgan fingerprint density at radius 3 is 2.60 bits per heavy atom. The lowest BCUT2D eigenvalue weighted by Crippen LogP contribution is -2.30. The number of amides is 1. The summed E-state index contributed by atoms with van der Waals surface area (Å²) in [5.74, 6) is 0.0232. The monoisotopic (exact) mass is 275 g/mol. The van der Waals surface area contributed by atoms with Crippen LogP contribution in [0.3, 0.4) is 0 Å². The molecule has 1 aromatic carbocycles. The zero-order valence-corrected chi connectivity index (χ0v) is 12.3. The Kier molecular flexibility index (Phi) is 6.02. The molecule has 1 aliphatic rings. The number of carbonyl (C=O) groups excluding carboxylic acids is 1. The summed E-state index contributed by atoms with van der Waals surface area (Å²) in [6, 6.07) is 7.86. The molecular formula is C16H25N3O. The summed E-state index contributed by atoms with van der Waals surface area (Å²) < 4.78 is 0. The highest BCUT2D eigenvalue weighted by atomic mass is 16.1. The van der Waals surface area contributed by atoms with E-state index >= 15 is 0 Å². The summed E-state index contributed by atoms with van der Waals surface area (Å²) in [5, 5.41) is 6.09. The molecule has 0 aromatic heterocycles. The van der Waals surface area contributed by atoms with Gasteiger partial charge in [0.2, 0.25) is 5.91 Å². The number of rotatable bonds is 7. The number of anilines is 1. The van der Waals surface area contributed by atoms with E-state index in [0.717, 1.165) is 25.2 Å². The maximum Gasteiger partial charge on any atom is 0.238 e. The average molecular weight is 275 g/mol. The predicted molar refractivity (Wildman–Crippen MR) is 83.0 cm³/mol. The van der Waals surface area contributed by atoms with Crippen LogP contribution in [0.2, 0.25) is 0 Å². The van der Waals surface area contributed by atoms with Gasteiger partial charge in [0.05, 0.1) is 6.54 Å². The van der Waals surface area contributed by atoms with E-state index in [4.69, 9.17) is 0 Å². The predicted octanol–water partition coefficient (Wildman–Crippen LogP) is 2.01. The molecule has 0 saturated carbocycles. The van der Waals surface area contributed by atoms with Crippen LogP contribution in [0.5, 0.6) is 0 Å². The summed E-state index contributed by atoms with van der Waals surface area (Å²) in [6.45, 7) is 6.95. The van der Waals surface area contributed by atoms with Crippen LogP contribution < -0.4 is 10.6 Å². The summed E-state index contributed by atoms with van der Waals surface area (Å²) in [4.78, 5) is 14.2. The van der Waals surface area contributed by atoms with Crippen LogP contribution in [-0.2, 0) is 4.79 Å². The second kappa shape index (κ2) is 8.02. The SMILES string of the molecule is Cc1ccc(NC(=O)CNCCCN2CCCC2)cc1. The molecule has 1 heterocycles. The number of carbonyl (C=O) groups is 1. The van der Waals surface area contributed by atoms with Crippen molar-refractivity contribution in [3.8, 4) is 0 Å². The van der Waals surface area contributed by atoms with Gasteiger partial charge in [-0.2, -0.15) is 0 Å². The molecule has 0 radical (unpaired) electrons. The number of hydrogen-bond donors (Lipinski definition) is 2. The van der Waals surface area contributed by atoms with Gasteiger partial charge in [-0.25, -0.2) is 0 Å². The molecule has 1 amide bonds. The Bertz CT molecular complexity index is 410. The minimum atomic E-state index is 0.0232. The maximum absolute atomic E-state index is 11.7. The van der Waals surface area contributed by atoms with Crippen molar-refractivity contribution < 1.29 is 4.79 Å². The van der Waals surface area contributed by atoms with E-state index in [9.17, 15) is 4.79 Å². The quantitative estimate of drug-likeness (QED) is 0.748. The minimum absolute atomic E-state index is 0.0232. The lowest BCUT2D eigenvalue weighted by molar-refractivity contribution is -0.115. The van der Waals surface area contributed by atoms with Gasteiger partial charge in [0.15, 0.2) is 0 Å². The Labute approximate surface area is 121 Å². The Morgan fingerprint density at radius 1 is 1.20 bits per heavy atom. The number of benzene rings is 1. The Hall–Kier alpha value is -1.39. The molecule has 2 rings (SSSR count). The van der Waals surface area contributed by atoms with Gasteiger partial charge in [0.25, 0.3) is 0 Å². The van der Waals surface area contributed by atoms with Gasteiger partial charge in [-0.3, -0.25) is 4.79 Å². The van der Waals surface area contributed by atoms with Crippen molar-refractivity contribution in [3.63, 3.8) is 0 Å². The first-order chi connectivity index (χ1) is 9.74. The fraction of sp³-hybridized carbons (Fsp3) is 0.562. The van der Waals surface area contributed by atoms with Crippen LogP contribution in [-0.4, -0.2) is 43.5 Å². The van der Waals surface area contributed by atoms with E-state index in [1.54, 1.807) is 0 Å². The summed E-state index contributed by atoms with van der Waals surface area (Å²) in [7, 11) is 0. The molecule has 1 fully saturated rings. The Morgan fingerprint density at radius 2 is 1.90 bits per heavy atom. The number of nitrogens with zero attached hydrogens (tertiary/aromatic N) is 1. The molecule has 20 heavy (non-hydrogen) atoms. The topological polar surface area (TPSA) is 44.4 Å². The highest BCUT2D eigenvalue weighted by Crippen LogP contribution is 2.08. The third-order valence-electron chi connectivity index (χ3n) is 3.65. The minimum Gasteiger partial charge on any atom is -0.325 e. The lowest BCUT2D eigenvalue weighted by Gasteiger charge is -2.14. The zero-order chi connectivity index (χ0) is 14.2. The van der Waals surface area contributed by atoms with Crippen molar-refractivity contribution >= 4 is 11.6 Å². The van der Waals surface area contributed by atoms with Crippen LogP contribution in [0.25, 0.3) is 0 Å². The molecule has 0 unspecified atom stereocenters. The third-order valence-corrected chi connectivity index (χ3v) is 3.65. The molecule has 0 spiro atoms. The molecule has 4 heteroatoms. The maximum atomic E-state index is 11.7. The molecular weight excluding hydrogens is 250 g/mol. The average Bonchev–Trinajstić information content (AvgIpc) is 2.94. The van der Waals surface area contributed by atoms with Crippen LogP contribution in [0.4, 0.5) is 5.69 Å². The lowest BCUT2D eigenvalue weighted by atomic mass is 10.2. The first-order valence-corrected chi connectivity index (χ1v) is 7.53. The van der Waals surface area contributed by atoms with Crippen LogP contribution >= 0.6 is 0 Å². The second-order valence-corrected chi connectivity index (χ2v) is 5.49. The van der Waals surface area contributed by atoms with E-state index in [2.05, 4.69) is 15.5 Å². The second-order valence-electron chi connectivity index (χ2n) is 5.49. The molecule has 0 atom stereocenters. The molecule has 110 valence electrons. The fourth-order valence-corrected chi connectivity index (χ4v) is 2.48. The van der Waals surface area contributed by atoms with Gasteiger partial charge in [-0.1, -0.05) is 17.7 Å². The van der Waals surface area contributed by atoms with Crippen LogP contribution in [0, 0.1) is 6.92 Å². The largest absolute Gasteiger partial charge is 0.325 e. The van der Waals surface area contributed by atoms with E-state index in [0.29, 0.717) is 6.54 Å². The molecule has 2 N–H and O–H groups in total. The van der Waals surface area contributed by atoms with Crippen LogP contribution in [0.15, 0.2) is 24.3 Å². The van der Waals surface area contributed by atoms with Crippen molar-refractivity contribution in [2.24, 2.45) is 0 Å². The summed E-state index contributed by atoms with van der Waals surface area (Å²) >= 11 is 0. The van der Waals surface area contributed by atoms with Gasteiger partial charge >= 0.3 is 0 Å². The first kappa shape index (κ1) is 15.0. The zero-order valence-electron chi connectivity index (χ0n) is 12.3. The van der Waals surface area contributed by atoms with E-state index < -0.39 is 0 Å². The van der Waals surface area contributed by atoms with E-state index in [1.165, 1.54) is 31.5 Å². The van der Waals surface area contributed by atoms with Gasteiger partial charge < -0.3 is 15.5 Å². The smallest absolute Gasteiger partial charge is 0.238 e. The number of hydrogen-bond acceptors (Lipinski definition) is 3. The van der Waals surface area contributed by atoms with E-state index in [-0.39, 0.29) is 5.91 Å². The highest BCUT2D eigenvalue weighted by molar-refractivity contribution is 5.92. The Balaban J connectivity index is 1.54. The number of aryl methyl sites for hydroxylation is 1. The first-order valence-electron chi connectivity index (χ1n) is 7.53. The summed E-state index contributed by atoms with van der Waals surface area (Å²) in [5.41, 5.74) is 2.06. The van der Waals surface area contributed by atoms with Crippen LogP contribution in [0.1, 0.15) is 24.8 Å². The molecule has 0 bridgehead atoms. The molecule has 4 nitrogen and oxygen atoms in total. The highest BCUT2D eigenvalue weighted by Gasteiger charge is 2.10. The van der Waals surface area contributed by atoms with Crippen molar-refractivity contribution in [2.75, 3.05) is 38.0 Å². The van der Waals surface area contributed by atoms with Gasteiger partial charge in [-0.05, 0) is 64.5 Å². The number of likely N-dealkylation sites (tertiary alicyclic amines) is 1. The van der Waals surface area contributed by atoms with Crippen molar-refractivity contribution in [1.29, 1.82) is 0 Å².